The number of amides is 1. The molecule has 6 atom stereocenters. The van der Waals surface area contributed by atoms with Gasteiger partial charge < -0.3 is 15.1 Å². The molecule has 3 rings (SSSR count). The highest BCUT2D eigenvalue weighted by Gasteiger charge is 2.43. The van der Waals surface area contributed by atoms with Gasteiger partial charge in [-0.1, -0.05) is 56.9 Å². The van der Waals surface area contributed by atoms with Crippen LogP contribution in [0.25, 0.3) is 0 Å². The number of likely N-dealkylation sites (tertiary alicyclic amines) is 1. The van der Waals surface area contributed by atoms with Crippen LogP contribution in [-0.4, -0.2) is 46.3 Å². The first-order chi connectivity index (χ1) is 15.5. The number of aliphatic hydroxyl groups is 2. The molecule has 0 aromatic rings. The van der Waals surface area contributed by atoms with Gasteiger partial charge in [-0.15, -0.1) is 0 Å². The van der Waals surface area contributed by atoms with Crippen molar-refractivity contribution in [1.82, 2.24) is 4.90 Å². The average molecular weight is 446 g/mol. The predicted molar refractivity (Wildman–Crippen MR) is 131 cm³/mol. The quantitative estimate of drug-likeness (QED) is 0.302. The zero-order valence-electron chi connectivity index (χ0n) is 20.6. The molecule has 0 unspecified atom stereocenters. The molecule has 182 valence electrons. The van der Waals surface area contributed by atoms with E-state index < -0.39 is 6.10 Å². The molecule has 1 saturated heterocycles. The van der Waals surface area contributed by atoms with Gasteiger partial charge in [0, 0.05) is 25.4 Å². The zero-order chi connectivity index (χ0) is 22.9. The Morgan fingerprint density at radius 1 is 1.22 bits per heavy atom. The van der Waals surface area contributed by atoms with E-state index >= 15 is 0 Å². The summed E-state index contributed by atoms with van der Waals surface area (Å²) in [6.45, 7) is 6.34. The summed E-state index contributed by atoms with van der Waals surface area (Å²) in [5.41, 5.74) is 1.52. The van der Waals surface area contributed by atoms with Crippen LogP contribution in [0.1, 0.15) is 97.3 Å². The third kappa shape index (κ3) is 7.45. The zero-order valence-corrected chi connectivity index (χ0v) is 20.6. The summed E-state index contributed by atoms with van der Waals surface area (Å²) >= 11 is 0. The first kappa shape index (κ1) is 25.5. The van der Waals surface area contributed by atoms with Gasteiger partial charge in [0.25, 0.3) is 0 Å². The fourth-order valence-electron chi connectivity index (χ4n) is 6.14. The number of aliphatic hydroxyl groups excluding tert-OH is 2. The topological polar surface area (TPSA) is 60.8 Å². The van der Waals surface area contributed by atoms with Gasteiger partial charge in [-0.05, 0) is 75.5 Å². The van der Waals surface area contributed by atoms with Crippen molar-refractivity contribution in [2.24, 2.45) is 23.7 Å². The van der Waals surface area contributed by atoms with Crippen LogP contribution in [0.3, 0.4) is 0 Å². The van der Waals surface area contributed by atoms with Gasteiger partial charge in [0.1, 0.15) is 0 Å². The molecule has 3 aliphatic rings. The third-order valence-electron chi connectivity index (χ3n) is 8.05. The van der Waals surface area contributed by atoms with Crippen molar-refractivity contribution in [3.63, 3.8) is 0 Å². The molecule has 0 aromatic heterocycles. The lowest BCUT2D eigenvalue weighted by Gasteiger charge is -2.26. The van der Waals surface area contributed by atoms with E-state index in [0.717, 1.165) is 64.5 Å². The number of carbonyl (C=O) groups excluding carboxylic acids is 1. The minimum Gasteiger partial charge on any atom is -0.392 e. The highest BCUT2D eigenvalue weighted by Crippen LogP contribution is 2.48. The second-order valence-electron chi connectivity index (χ2n) is 10.8. The number of allylic oxidation sites excluding steroid dienone is 2. The van der Waals surface area contributed by atoms with Gasteiger partial charge in [-0.3, -0.25) is 4.79 Å². The lowest BCUT2D eigenvalue weighted by Crippen LogP contribution is -2.35. The molecule has 0 aromatic carbocycles. The molecular formula is C28H47NO3. The number of carbonyl (C=O) groups is 1. The Kier molecular flexibility index (Phi) is 10.3. The van der Waals surface area contributed by atoms with Crippen LogP contribution in [0.4, 0.5) is 0 Å². The molecule has 0 radical (unpaired) electrons. The van der Waals surface area contributed by atoms with E-state index in [-0.39, 0.29) is 12.0 Å². The largest absolute Gasteiger partial charge is 0.392 e. The van der Waals surface area contributed by atoms with Gasteiger partial charge in [-0.25, -0.2) is 0 Å². The van der Waals surface area contributed by atoms with Crippen molar-refractivity contribution in [3.05, 3.63) is 23.8 Å². The molecular weight excluding hydrogens is 398 g/mol. The number of hydrogen-bond acceptors (Lipinski definition) is 3. The van der Waals surface area contributed by atoms with E-state index in [0.29, 0.717) is 30.1 Å². The molecule has 32 heavy (non-hydrogen) atoms. The maximum Gasteiger partial charge on any atom is 0.222 e. The Morgan fingerprint density at radius 2 is 2.00 bits per heavy atom. The fraction of sp³-hybridized carbons (Fsp3) is 0.821. The second-order valence-corrected chi connectivity index (χ2v) is 10.8. The summed E-state index contributed by atoms with van der Waals surface area (Å²) < 4.78 is 0. The van der Waals surface area contributed by atoms with E-state index in [4.69, 9.17) is 0 Å². The molecule has 4 heteroatoms. The van der Waals surface area contributed by atoms with Gasteiger partial charge in [0.05, 0.1) is 12.2 Å². The summed E-state index contributed by atoms with van der Waals surface area (Å²) in [5, 5.41) is 21.0. The Balaban J connectivity index is 1.38. The summed E-state index contributed by atoms with van der Waals surface area (Å²) in [4.78, 5) is 14.4. The van der Waals surface area contributed by atoms with Crippen LogP contribution >= 0.6 is 0 Å². The number of hydrogen-bond donors (Lipinski definition) is 2. The second kappa shape index (κ2) is 12.9. The molecule has 2 fully saturated rings. The van der Waals surface area contributed by atoms with Crippen LogP contribution in [0.15, 0.2) is 23.8 Å². The van der Waals surface area contributed by atoms with Crippen LogP contribution in [0.2, 0.25) is 0 Å². The van der Waals surface area contributed by atoms with Crippen LogP contribution in [-0.2, 0) is 4.79 Å². The molecule has 2 N–H and O–H groups in total. The van der Waals surface area contributed by atoms with Crippen molar-refractivity contribution < 1.29 is 15.0 Å². The third-order valence-corrected chi connectivity index (χ3v) is 8.05. The number of rotatable bonds is 12. The van der Waals surface area contributed by atoms with Crippen molar-refractivity contribution in [2.45, 2.75) is 110 Å². The summed E-state index contributed by atoms with van der Waals surface area (Å²) in [5.74, 6) is 2.01. The van der Waals surface area contributed by atoms with E-state index in [1.165, 1.54) is 31.3 Å². The number of nitrogens with zero attached hydrogens (tertiary/aromatic N) is 1. The first-order valence-electron chi connectivity index (χ1n) is 13.5. The molecule has 1 heterocycles. The maximum absolute atomic E-state index is 12.3. The van der Waals surface area contributed by atoms with Crippen LogP contribution in [0.5, 0.6) is 0 Å². The normalized spacial score (nSPS) is 29.9. The maximum atomic E-state index is 12.3. The summed E-state index contributed by atoms with van der Waals surface area (Å²) in [6.07, 6.45) is 19.6. The predicted octanol–water partition coefficient (Wildman–Crippen LogP) is 5.64. The Labute approximate surface area is 196 Å². The lowest BCUT2D eigenvalue weighted by atomic mass is 9.88. The first-order valence-corrected chi connectivity index (χ1v) is 13.5. The highest BCUT2D eigenvalue weighted by molar-refractivity contribution is 5.76. The number of fused-ring (bicyclic) bond motifs is 1. The average Bonchev–Trinajstić information content (AvgIpc) is 3.30. The molecule has 4 nitrogen and oxygen atoms in total. The monoisotopic (exact) mass is 445 g/mol. The summed E-state index contributed by atoms with van der Waals surface area (Å²) in [7, 11) is 0. The number of piperidine rings is 1. The van der Waals surface area contributed by atoms with E-state index in [2.05, 4.69) is 30.9 Å². The van der Waals surface area contributed by atoms with Crippen molar-refractivity contribution in [3.8, 4) is 0 Å². The minimum absolute atomic E-state index is 0.162. The van der Waals surface area contributed by atoms with Crippen molar-refractivity contribution in [2.75, 3.05) is 13.1 Å². The van der Waals surface area contributed by atoms with Gasteiger partial charge >= 0.3 is 0 Å². The SMILES string of the molecule is CCCC[C@H](C)C[C@H](O)/C=C/[C@@H]1[C@H]2CC(CCCCC(=O)N3CCCCC3)=C[C@H]2C[C@H]1O. The molecule has 2 aliphatic carbocycles. The van der Waals surface area contributed by atoms with E-state index in [1.807, 2.05) is 6.08 Å². The number of unbranched alkanes of at least 4 members (excludes halogenated alkanes) is 2. The lowest BCUT2D eigenvalue weighted by molar-refractivity contribution is -0.132. The van der Waals surface area contributed by atoms with E-state index in [9.17, 15) is 15.0 Å². The van der Waals surface area contributed by atoms with Gasteiger partial charge in [0.2, 0.25) is 5.91 Å². The fourth-order valence-corrected chi connectivity index (χ4v) is 6.14. The Morgan fingerprint density at radius 3 is 2.75 bits per heavy atom. The van der Waals surface area contributed by atoms with Gasteiger partial charge in [0.15, 0.2) is 0 Å². The van der Waals surface area contributed by atoms with Crippen molar-refractivity contribution in [1.29, 1.82) is 0 Å². The Bertz CT molecular complexity index is 637. The van der Waals surface area contributed by atoms with E-state index in [1.54, 1.807) is 0 Å². The molecule has 0 bridgehead atoms. The van der Waals surface area contributed by atoms with Crippen LogP contribution in [0, 0.1) is 23.7 Å². The highest BCUT2D eigenvalue weighted by atomic mass is 16.3. The van der Waals surface area contributed by atoms with Crippen LogP contribution < -0.4 is 0 Å². The smallest absolute Gasteiger partial charge is 0.222 e. The van der Waals surface area contributed by atoms with Gasteiger partial charge in [-0.2, -0.15) is 0 Å². The molecule has 0 spiro atoms. The summed E-state index contributed by atoms with van der Waals surface area (Å²) in [6, 6.07) is 0. The molecule has 1 saturated carbocycles. The molecule has 1 aliphatic heterocycles. The minimum atomic E-state index is -0.403. The van der Waals surface area contributed by atoms with Crippen molar-refractivity contribution >= 4 is 5.91 Å². The Hall–Kier alpha value is -1.13. The standard InChI is InChI=1S/C28H47NO3/c1-3-4-10-21(2)17-24(30)13-14-25-26-19-22(18-23(26)20-27(25)31)11-6-7-12-28(32)29-15-8-5-9-16-29/h13-14,18,21,23-27,30-31H,3-12,15-17,19-20H2,1-2H3/b14-13+/t21-,23-,24+,25+,26-,27+/m0/s1. The molecule has 1 amide bonds.